The number of benzene rings is 1. The second-order valence-corrected chi connectivity index (χ2v) is 5.33. The van der Waals surface area contributed by atoms with Crippen LogP contribution in [0.15, 0.2) is 64.5 Å². The van der Waals surface area contributed by atoms with E-state index in [-0.39, 0.29) is 5.56 Å². The van der Waals surface area contributed by atoms with Gasteiger partial charge in [0.2, 0.25) is 0 Å². The summed E-state index contributed by atoms with van der Waals surface area (Å²) in [6, 6.07) is 8.99. The molecular formula is C16H9BrN4O. The van der Waals surface area contributed by atoms with Crippen molar-refractivity contribution < 1.29 is 0 Å². The van der Waals surface area contributed by atoms with Crippen molar-refractivity contribution >= 4 is 21.6 Å². The molecule has 0 aliphatic carbocycles. The Kier molecular flexibility index (Phi) is 3.81. The molecule has 0 N–H and O–H groups in total. The summed E-state index contributed by atoms with van der Waals surface area (Å²) in [6.07, 6.45) is 6.22. The van der Waals surface area contributed by atoms with Crippen molar-refractivity contribution in [3.8, 4) is 16.8 Å². The van der Waals surface area contributed by atoms with Gasteiger partial charge in [-0.15, -0.1) is 0 Å². The number of hydrogen-bond donors (Lipinski definition) is 0. The normalized spacial score (nSPS) is 10.2. The smallest absolute Gasteiger partial charge is 0.269 e. The van der Waals surface area contributed by atoms with Crippen LogP contribution in [0.25, 0.3) is 21.7 Å². The van der Waals surface area contributed by atoms with Crippen LogP contribution in [-0.4, -0.2) is 14.5 Å². The summed E-state index contributed by atoms with van der Waals surface area (Å²) in [4.78, 5) is 23.7. The first-order valence-electron chi connectivity index (χ1n) is 6.35. The predicted molar refractivity (Wildman–Crippen MR) is 87.0 cm³/mol. The first-order chi connectivity index (χ1) is 10.7. The predicted octanol–water partition coefficient (Wildman–Crippen LogP) is 3.61. The van der Waals surface area contributed by atoms with Gasteiger partial charge in [0.1, 0.15) is 6.33 Å². The molecule has 22 heavy (non-hydrogen) atoms. The number of para-hydroxylation sites is 1. The van der Waals surface area contributed by atoms with Crippen molar-refractivity contribution in [2.24, 2.45) is 0 Å². The Morgan fingerprint density at radius 1 is 1.18 bits per heavy atom. The number of rotatable bonds is 2. The molecule has 106 valence electrons. The van der Waals surface area contributed by atoms with Crippen molar-refractivity contribution in [3.05, 3.63) is 81.5 Å². The topological polar surface area (TPSA) is 52.1 Å². The van der Waals surface area contributed by atoms with Gasteiger partial charge in [-0.3, -0.25) is 9.36 Å². The number of pyridine rings is 1. The molecule has 0 fully saturated rings. The van der Waals surface area contributed by atoms with Crippen LogP contribution < -0.4 is 5.56 Å². The van der Waals surface area contributed by atoms with E-state index in [9.17, 15) is 4.79 Å². The van der Waals surface area contributed by atoms with Crippen molar-refractivity contribution in [2.45, 2.75) is 0 Å². The average Bonchev–Trinajstić information content (AvgIpc) is 2.58. The van der Waals surface area contributed by atoms with E-state index in [2.05, 4.69) is 30.7 Å². The maximum Gasteiger partial charge on any atom is 0.269 e. The Morgan fingerprint density at radius 3 is 2.64 bits per heavy atom. The average molecular weight is 353 g/mol. The fourth-order valence-electron chi connectivity index (χ4n) is 2.12. The summed E-state index contributed by atoms with van der Waals surface area (Å²) in [6.45, 7) is 7.27. The van der Waals surface area contributed by atoms with Crippen LogP contribution in [0.4, 0.5) is 5.69 Å². The van der Waals surface area contributed by atoms with Crippen LogP contribution in [0.3, 0.4) is 0 Å². The minimum absolute atomic E-state index is 0.209. The number of halogens is 1. The highest BCUT2D eigenvalue weighted by atomic mass is 79.9. The second-order valence-electron chi connectivity index (χ2n) is 4.48. The number of hydrogen-bond acceptors (Lipinski definition) is 3. The lowest BCUT2D eigenvalue weighted by molar-refractivity contribution is 0.952. The van der Waals surface area contributed by atoms with E-state index >= 15 is 0 Å². The van der Waals surface area contributed by atoms with E-state index in [1.54, 1.807) is 30.7 Å². The molecule has 2 heterocycles. The third-order valence-corrected chi connectivity index (χ3v) is 3.70. The Bertz CT molecular complexity index is 929. The second kappa shape index (κ2) is 5.92. The van der Waals surface area contributed by atoms with Crippen LogP contribution in [0.1, 0.15) is 0 Å². The zero-order valence-corrected chi connectivity index (χ0v) is 12.9. The molecule has 1 aromatic carbocycles. The van der Waals surface area contributed by atoms with E-state index in [1.165, 1.54) is 10.9 Å². The highest BCUT2D eigenvalue weighted by Gasteiger charge is 2.10. The summed E-state index contributed by atoms with van der Waals surface area (Å²) in [5.74, 6) is 0. The highest BCUT2D eigenvalue weighted by Crippen LogP contribution is 2.30. The molecule has 0 unspecified atom stereocenters. The molecule has 0 atom stereocenters. The molecule has 0 radical (unpaired) electrons. The van der Waals surface area contributed by atoms with Gasteiger partial charge < -0.3 is 0 Å². The molecule has 0 saturated heterocycles. The third kappa shape index (κ3) is 2.54. The van der Waals surface area contributed by atoms with Gasteiger partial charge in [-0.1, -0.05) is 24.3 Å². The Morgan fingerprint density at radius 2 is 1.91 bits per heavy atom. The SMILES string of the molecule is [C-]#[N+]c1ccccc1-c1cc(Br)c(=O)n(-c2cncnc2)c1. The maximum absolute atomic E-state index is 12.3. The summed E-state index contributed by atoms with van der Waals surface area (Å²) in [5, 5.41) is 0. The lowest BCUT2D eigenvalue weighted by atomic mass is 10.1. The van der Waals surface area contributed by atoms with Crippen molar-refractivity contribution in [3.63, 3.8) is 0 Å². The van der Waals surface area contributed by atoms with Crippen LogP contribution in [0, 0.1) is 6.57 Å². The van der Waals surface area contributed by atoms with Crippen LogP contribution in [-0.2, 0) is 0 Å². The summed E-state index contributed by atoms with van der Waals surface area (Å²) in [7, 11) is 0. The van der Waals surface area contributed by atoms with Gasteiger partial charge in [0, 0.05) is 6.20 Å². The first-order valence-corrected chi connectivity index (χ1v) is 7.14. The van der Waals surface area contributed by atoms with Crippen LogP contribution in [0.2, 0.25) is 0 Å². The zero-order valence-electron chi connectivity index (χ0n) is 11.3. The molecule has 0 bridgehead atoms. The highest BCUT2D eigenvalue weighted by molar-refractivity contribution is 9.10. The van der Waals surface area contributed by atoms with Gasteiger partial charge in [-0.2, -0.15) is 0 Å². The Labute approximate surface area is 134 Å². The number of nitrogens with zero attached hydrogens (tertiary/aromatic N) is 4. The lowest BCUT2D eigenvalue weighted by Gasteiger charge is -2.10. The molecule has 0 aliphatic rings. The van der Waals surface area contributed by atoms with Crippen molar-refractivity contribution in [2.75, 3.05) is 0 Å². The van der Waals surface area contributed by atoms with Gasteiger partial charge in [-0.05, 0) is 33.1 Å². The van der Waals surface area contributed by atoms with Crippen LogP contribution in [0.5, 0.6) is 0 Å². The van der Waals surface area contributed by atoms with Gasteiger partial charge in [0.05, 0.1) is 29.1 Å². The molecule has 6 heteroatoms. The fraction of sp³-hybridized carbons (Fsp3) is 0. The largest absolute Gasteiger partial charge is 0.280 e. The third-order valence-electron chi connectivity index (χ3n) is 3.13. The van der Waals surface area contributed by atoms with Gasteiger partial charge in [0.15, 0.2) is 5.69 Å². The molecule has 0 spiro atoms. The van der Waals surface area contributed by atoms with E-state index < -0.39 is 0 Å². The Hall–Kier alpha value is -2.78. The van der Waals surface area contributed by atoms with Crippen LogP contribution >= 0.6 is 15.9 Å². The minimum Gasteiger partial charge on any atom is -0.280 e. The molecule has 2 aromatic heterocycles. The summed E-state index contributed by atoms with van der Waals surface area (Å²) >= 11 is 3.29. The molecule has 3 rings (SSSR count). The molecule has 0 amide bonds. The van der Waals surface area contributed by atoms with Gasteiger partial charge >= 0.3 is 0 Å². The van der Waals surface area contributed by atoms with E-state index in [1.807, 2.05) is 18.2 Å². The van der Waals surface area contributed by atoms with Crippen molar-refractivity contribution in [1.29, 1.82) is 0 Å². The molecule has 3 aromatic rings. The monoisotopic (exact) mass is 352 g/mol. The zero-order chi connectivity index (χ0) is 15.5. The maximum atomic E-state index is 12.3. The summed E-state index contributed by atoms with van der Waals surface area (Å²) in [5.41, 5.74) is 2.42. The molecular weight excluding hydrogens is 344 g/mol. The van der Waals surface area contributed by atoms with E-state index in [0.29, 0.717) is 15.8 Å². The molecule has 0 saturated carbocycles. The quantitative estimate of drug-likeness (QED) is 0.662. The molecule has 5 nitrogen and oxygen atoms in total. The minimum atomic E-state index is -0.209. The first kappa shape index (κ1) is 14.2. The van der Waals surface area contributed by atoms with E-state index in [4.69, 9.17) is 6.57 Å². The van der Waals surface area contributed by atoms with Crippen molar-refractivity contribution in [1.82, 2.24) is 14.5 Å². The fourth-order valence-corrected chi connectivity index (χ4v) is 2.56. The number of aromatic nitrogens is 3. The lowest BCUT2D eigenvalue weighted by Crippen LogP contribution is -2.18. The standard InChI is InChI=1S/C16H9BrN4O/c1-18-15-5-3-2-4-13(15)11-6-14(17)16(22)21(9-11)12-7-19-10-20-8-12/h2-10H. The van der Waals surface area contributed by atoms with Gasteiger partial charge in [0.25, 0.3) is 5.56 Å². The van der Waals surface area contributed by atoms with E-state index in [0.717, 1.165) is 11.1 Å². The molecule has 0 aliphatic heterocycles. The summed E-state index contributed by atoms with van der Waals surface area (Å²) < 4.78 is 1.87. The van der Waals surface area contributed by atoms with Gasteiger partial charge in [-0.25, -0.2) is 14.8 Å². The Balaban J connectivity index is 2.26.